The van der Waals surface area contributed by atoms with Crippen LogP contribution in [0.1, 0.15) is 4.88 Å². The maximum absolute atomic E-state index is 11.8. The smallest absolute Gasteiger partial charge is 0.287 e. The van der Waals surface area contributed by atoms with Gasteiger partial charge in [-0.05, 0) is 11.4 Å². The molecule has 18 heavy (non-hydrogen) atoms. The number of hydrogen-bond acceptors (Lipinski definition) is 4. The quantitative estimate of drug-likeness (QED) is 0.857. The van der Waals surface area contributed by atoms with Gasteiger partial charge in [0.05, 0.1) is 18.4 Å². The largest absolute Gasteiger partial charge is 0.377 e. The van der Waals surface area contributed by atoms with Gasteiger partial charge in [-0.1, -0.05) is 23.7 Å². The van der Waals surface area contributed by atoms with Crippen molar-refractivity contribution < 1.29 is 0 Å². The van der Waals surface area contributed by atoms with Gasteiger partial charge in [-0.2, -0.15) is 5.10 Å². The zero-order chi connectivity index (χ0) is 13.0. The predicted molar refractivity (Wildman–Crippen MR) is 75.3 cm³/mol. The Labute approximate surface area is 114 Å². The van der Waals surface area contributed by atoms with Gasteiger partial charge in [0.15, 0.2) is 0 Å². The molecule has 94 valence electrons. The van der Waals surface area contributed by atoms with Crippen LogP contribution in [0.5, 0.6) is 0 Å². The lowest BCUT2D eigenvalue weighted by Crippen LogP contribution is -2.23. The summed E-state index contributed by atoms with van der Waals surface area (Å²) in [4.78, 5) is 13.0. The molecule has 0 saturated carbocycles. The number of halogens is 1. The van der Waals surface area contributed by atoms with E-state index in [1.165, 1.54) is 9.56 Å². The number of nitrogens with zero attached hydrogens (tertiary/aromatic N) is 2. The molecular weight excluding hydrogens is 270 g/mol. The van der Waals surface area contributed by atoms with Crippen molar-refractivity contribution in [3.63, 3.8) is 0 Å². The predicted octanol–water partition coefficient (Wildman–Crippen LogP) is 2.76. The number of hydrogen-bond donors (Lipinski definition) is 1. The summed E-state index contributed by atoms with van der Waals surface area (Å²) in [5.74, 6) is 0. The third-order valence-electron chi connectivity index (χ3n) is 2.32. The molecule has 0 aliphatic heterocycles. The summed E-state index contributed by atoms with van der Waals surface area (Å²) in [6.07, 6.45) is 3.16. The van der Waals surface area contributed by atoms with Gasteiger partial charge in [0.2, 0.25) is 0 Å². The van der Waals surface area contributed by atoms with E-state index < -0.39 is 0 Å². The molecule has 0 spiro atoms. The van der Waals surface area contributed by atoms with Crippen molar-refractivity contribution in [2.75, 3.05) is 5.32 Å². The van der Waals surface area contributed by atoms with Crippen LogP contribution >= 0.6 is 22.9 Å². The number of nitrogens with one attached hydrogen (secondary N) is 1. The van der Waals surface area contributed by atoms with E-state index in [2.05, 4.69) is 17.0 Å². The van der Waals surface area contributed by atoms with Crippen molar-refractivity contribution in [1.82, 2.24) is 9.78 Å². The zero-order valence-corrected chi connectivity index (χ0v) is 11.2. The van der Waals surface area contributed by atoms with E-state index >= 15 is 0 Å². The van der Waals surface area contributed by atoms with Gasteiger partial charge >= 0.3 is 0 Å². The first-order chi connectivity index (χ1) is 8.72. The topological polar surface area (TPSA) is 46.9 Å². The number of allylic oxidation sites excluding steroid dienone is 1. The van der Waals surface area contributed by atoms with Crippen molar-refractivity contribution in [3.8, 4) is 0 Å². The molecule has 0 radical (unpaired) electrons. The molecule has 0 atom stereocenters. The highest BCUT2D eigenvalue weighted by molar-refractivity contribution is 7.09. The van der Waals surface area contributed by atoms with Gasteiger partial charge in [-0.25, -0.2) is 4.68 Å². The average molecular weight is 282 g/mol. The Kier molecular flexibility index (Phi) is 4.17. The Hall–Kier alpha value is -1.59. The summed E-state index contributed by atoms with van der Waals surface area (Å²) in [5.41, 5.74) is 0.239. The van der Waals surface area contributed by atoms with Gasteiger partial charge in [0, 0.05) is 11.4 Å². The average Bonchev–Trinajstić information content (AvgIpc) is 2.87. The maximum atomic E-state index is 11.8. The molecule has 0 aromatic carbocycles. The molecule has 2 rings (SSSR count). The summed E-state index contributed by atoms with van der Waals surface area (Å²) in [6.45, 7) is 4.54. The monoisotopic (exact) mass is 281 g/mol. The highest BCUT2D eigenvalue weighted by Crippen LogP contribution is 2.17. The van der Waals surface area contributed by atoms with Crippen molar-refractivity contribution in [2.24, 2.45) is 0 Å². The molecular formula is C12H12ClN3OS. The van der Waals surface area contributed by atoms with Crippen molar-refractivity contribution in [2.45, 2.75) is 13.1 Å². The molecule has 0 saturated heterocycles. The lowest BCUT2D eigenvalue weighted by Gasteiger charge is -2.08. The van der Waals surface area contributed by atoms with E-state index in [9.17, 15) is 4.79 Å². The van der Waals surface area contributed by atoms with Crippen LogP contribution in [0.4, 0.5) is 5.69 Å². The van der Waals surface area contributed by atoms with Crippen molar-refractivity contribution >= 4 is 28.6 Å². The minimum absolute atomic E-state index is 0.156. The Morgan fingerprint density at radius 3 is 3.11 bits per heavy atom. The second-order valence-corrected chi connectivity index (χ2v) is 4.99. The first-order valence-electron chi connectivity index (χ1n) is 5.35. The molecule has 2 aromatic rings. The molecule has 0 bridgehead atoms. The van der Waals surface area contributed by atoms with E-state index in [4.69, 9.17) is 11.6 Å². The van der Waals surface area contributed by atoms with Crippen molar-refractivity contribution in [3.05, 3.63) is 56.6 Å². The van der Waals surface area contributed by atoms with E-state index in [1.807, 2.05) is 17.5 Å². The van der Waals surface area contributed by atoms with Crippen molar-refractivity contribution in [1.29, 1.82) is 0 Å². The SMILES string of the molecule is C=CCn1ncc(NCc2cccs2)c(Cl)c1=O. The van der Waals surface area contributed by atoms with Crippen LogP contribution in [0.2, 0.25) is 5.02 Å². The molecule has 0 amide bonds. The Morgan fingerprint density at radius 2 is 2.44 bits per heavy atom. The molecule has 0 fully saturated rings. The van der Waals surface area contributed by atoms with E-state index in [-0.39, 0.29) is 10.6 Å². The molecule has 4 nitrogen and oxygen atoms in total. The van der Waals surface area contributed by atoms with E-state index in [0.717, 1.165) is 0 Å². The summed E-state index contributed by atoms with van der Waals surface area (Å²) in [6, 6.07) is 3.99. The molecule has 1 N–H and O–H groups in total. The van der Waals surface area contributed by atoms with Crippen LogP contribution in [0, 0.1) is 0 Å². The zero-order valence-electron chi connectivity index (χ0n) is 9.60. The fraction of sp³-hybridized carbons (Fsp3) is 0.167. The van der Waals surface area contributed by atoms with Crippen LogP contribution < -0.4 is 10.9 Å². The number of rotatable bonds is 5. The number of aromatic nitrogens is 2. The third kappa shape index (κ3) is 2.80. The lowest BCUT2D eigenvalue weighted by molar-refractivity contribution is 0.653. The highest BCUT2D eigenvalue weighted by atomic mass is 35.5. The van der Waals surface area contributed by atoms with Gasteiger partial charge < -0.3 is 5.32 Å². The Morgan fingerprint density at radius 1 is 1.61 bits per heavy atom. The summed E-state index contributed by atoms with van der Waals surface area (Å²) < 4.78 is 1.27. The van der Waals surface area contributed by atoms with Crippen LogP contribution in [0.25, 0.3) is 0 Å². The molecule has 0 unspecified atom stereocenters. The standard InChI is InChI=1S/C12H12ClN3OS/c1-2-5-16-12(17)11(13)10(8-15-16)14-7-9-4-3-6-18-9/h2-4,6,8,14H,1,5,7H2. The minimum Gasteiger partial charge on any atom is -0.377 e. The lowest BCUT2D eigenvalue weighted by atomic mass is 10.4. The van der Waals surface area contributed by atoms with Crippen LogP contribution in [0.3, 0.4) is 0 Å². The first kappa shape index (κ1) is 12.9. The maximum Gasteiger partial charge on any atom is 0.287 e. The van der Waals surface area contributed by atoms with Gasteiger partial charge in [0.1, 0.15) is 5.02 Å². The van der Waals surface area contributed by atoms with Gasteiger partial charge in [-0.15, -0.1) is 17.9 Å². The molecule has 2 aromatic heterocycles. The highest BCUT2D eigenvalue weighted by Gasteiger charge is 2.08. The Bertz CT molecular complexity index is 592. The van der Waals surface area contributed by atoms with E-state index in [1.54, 1.807) is 23.6 Å². The second-order valence-electron chi connectivity index (χ2n) is 3.58. The molecule has 2 heterocycles. The Balaban J connectivity index is 2.16. The summed E-state index contributed by atoms with van der Waals surface area (Å²) in [5, 5.41) is 9.28. The van der Waals surface area contributed by atoms with Gasteiger partial charge in [-0.3, -0.25) is 4.79 Å². The summed E-state index contributed by atoms with van der Waals surface area (Å²) in [7, 11) is 0. The summed E-state index contributed by atoms with van der Waals surface area (Å²) >= 11 is 7.65. The molecule has 0 aliphatic rings. The third-order valence-corrected chi connectivity index (χ3v) is 3.56. The van der Waals surface area contributed by atoms with E-state index in [0.29, 0.717) is 18.8 Å². The first-order valence-corrected chi connectivity index (χ1v) is 6.61. The normalized spacial score (nSPS) is 10.3. The fourth-order valence-corrected chi connectivity index (χ4v) is 2.29. The van der Waals surface area contributed by atoms with Crippen LogP contribution in [-0.2, 0) is 13.1 Å². The number of thiophene rings is 1. The number of anilines is 1. The molecule has 0 aliphatic carbocycles. The van der Waals surface area contributed by atoms with Gasteiger partial charge in [0.25, 0.3) is 5.56 Å². The fourth-order valence-electron chi connectivity index (χ4n) is 1.44. The van der Waals surface area contributed by atoms with Crippen LogP contribution in [0.15, 0.2) is 41.2 Å². The minimum atomic E-state index is -0.312. The second kappa shape index (κ2) is 5.84. The van der Waals surface area contributed by atoms with Crippen LogP contribution in [-0.4, -0.2) is 9.78 Å². The molecule has 6 heteroatoms.